The van der Waals surface area contributed by atoms with Gasteiger partial charge in [-0.05, 0) is 44.4 Å². The molecule has 1 atom stereocenters. The molecule has 1 heterocycles. The molecule has 0 saturated heterocycles. The van der Waals surface area contributed by atoms with E-state index in [9.17, 15) is 13.2 Å². The van der Waals surface area contributed by atoms with Crippen LogP contribution in [0.5, 0.6) is 0 Å². The average molecular weight is 336 g/mol. The molecule has 1 aliphatic carbocycles. The van der Waals surface area contributed by atoms with Crippen molar-refractivity contribution in [1.82, 2.24) is 4.98 Å². The molecule has 1 saturated carbocycles. The van der Waals surface area contributed by atoms with E-state index in [0.29, 0.717) is 29.1 Å². The summed E-state index contributed by atoms with van der Waals surface area (Å²) in [7, 11) is -3.42. The number of nitrogens with zero attached hydrogens (tertiary/aromatic N) is 1. The van der Waals surface area contributed by atoms with Crippen molar-refractivity contribution in [2.24, 2.45) is 0 Å². The van der Waals surface area contributed by atoms with Crippen LogP contribution in [0.3, 0.4) is 0 Å². The molecular formula is C16H20N2O4S. The Kier molecular flexibility index (Phi) is 4.14. The molecule has 0 radical (unpaired) electrons. The Morgan fingerprint density at radius 2 is 2.17 bits per heavy atom. The minimum atomic E-state index is -3.42. The number of carbonyl (C=O) groups is 1. The Hall–Kier alpha value is -1.89. The molecule has 1 N–H and O–H groups in total. The van der Waals surface area contributed by atoms with Crippen molar-refractivity contribution in [3.63, 3.8) is 0 Å². The first-order valence-electron chi connectivity index (χ1n) is 7.83. The van der Waals surface area contributed by atoms with E-state index >= 15 is 0 Å². The second kappa shape index (κ2) is 5.96. The number of benzene rings is 1. The van der Waals surface area contributed by atoms with Gasteiger partial charge in [0.1, 0.15) is 10.8 Å². The second-order valence-electron chi connectivity index (χ2n) is 6.01. The van der Waals surface area contributed by atoms with Gasteiger partial charge in [0.25, 0.3) is 0 Å². The van der Waals surface area contributed by atoms with Gasteiger partial charge in [-0.15, -0.1) is 0 Å². The van der Waals surface area contributed by atoms with Crippen LogP contribution in [0.2, 0.25) is 0 Å². The van der Waals surface area contributed by atoms with Crippen molar-refractivity contribution < 1.29 is 17.6 Å². The molecule has 1 amide bonds. The number of hydrogen-bond acceptors (Lipinski definition) is 5. The van der Waals surface area contributed by atoms with E-state index in [1.165, 1.54) is 6.92 Å². The third-order valence-electron chi connectivity index (χ3n) is 3.99. The molecule has 23 heavy (non-hydrogen) atoms. The van der Waals surface area contributed by atoms with Crippen LogP contribution in [0, 0.1) is 0 Å². The predicted molar refractivity (Wildman–Crippen MR) is 88.2 cm³/mol. The highest BCUT2D eigenvalue weighted by atomic mass is 32.2. The normalized spacial score (nSPS) is 16.4. The molecule has 2 aromatic rings. The molecule has 0 spiro atoms. The minimum absolute atomic E-state index is 0.00859. The van der Waals surface area contributed by atoms with E-state index in [1.54, 1.807) is 25.1 Å². The summed E-state index contributed by atoms with van der Waals surface area (Å²) in [6, 6.07) is 5.15. The monoisotopic (exact) mass is 336 g/mol. The number of nitrogens with one attached hydrogen (secondary N) is 1. The van der Waals surface area contributed by atoms with Gasteiger partial charge in [-0.2, -0.15) is 0 Å². The van der Waals surface area contributed by atoms with Crippen LogP contribution >= 0.6 is 0 Å². The molecule has 1 aromatic heterocycles. The van der Waals surface area contributed by atoms with E-state index < -0.39 is 21.0 Å². The smallest absolute Gasteiger partial charge is 0.242 e. The van der Waals surface area contributed by atoms with E-state index in [0.717, 1.165) is 18.7 Å². The Labute approximate surface area is 135 Å². The van der Waals surface area contributed by atoms with Crippen LogP contribution < -0.4 is 5.32 Å². The Bertz CT molecular complexity index is 837. The summed E-state index contributed by atoms with van der Waals surface area (Å²) in [5.41, 5.74) is 1.88. The molecule has 0 aliphatic heterocycles. The highest BCUT2D eigenvalue weighted by Crippen LogP contribution is 2.40. The number of aromatic nitrogens is 1. The van der Waals surface area contributed by atoms with Gasteiger partial charge in [0.2, 0.25) is 5.91 Å². The fourth-order valence-corrected chi connectivity index (χ4v) is 3.70. The van der Waals surface area contributed by atoms with Crippen molar-refractivity contribution in [3.05, 3.63) is 24.1 Å². The van der Waals surface area contributed by atoms with Gasteiger partial charge in [-0.25, -0.2) is 13.4 Å². The van der Waals surface area contributed by atoms with Gasteiger partial charge in [0.05, 0.1) is 5.75 Å². The standard InChI is InChI=1S/C16H20N2O4S/c1-3-8-23(20,21)10(2)15(19)17-12-6-7-14-13(9-12)18-16(22-14)11-4-5-11/h6-7,9-11H,3-5,8H2,1-2H3,(H,17,19)/t10-/m0/s1. The van der Waals surface area contributed by atoms with Gasteiger partial charge in [-0.1, -0.05) is 6.92 Å². The summed E-state index contributed by atoms with van der Waals surface area (Å²) in [4.78, 5) is 16.6. The Morgan fingerprint density at radius 1 is 1.43 bits per heavy atom. The van der Waals surface area contributed by atoms with Crippen LogP contribution in [0.25, 0.3) is 11.1 Å². The minimum Gasteiger partial charge on any atom is -0.440 e. The zero-order chi connectivity index (χ0) is 16.6. The Balaban J connectivity index is 1.76. The fourth-order valence-electron chi connectivity index (χ4n) is 2.40. The number of carbonyl (C=O) groups excluding carboxylic acids is 1. The van der Waals surface area contributed by atoms with Gasteiger partial charge in [-0.3, -0.25) is 4.79 Å². The maximum Gasteiger partial charge on any atom is 0.242 e. The largest absolute Gasteiger partial charge is 0.440 e. The summed E-state index contributed by atoms with van der Waals surface area (Å²) in [5, 5.41) is 1.58. The first-order chi connectivity index (χ1) is 10.9. The zero-order valence-electron chi connectivity index (χ0n) is 13.2. The highest BCUT2D eigenvalue weighted by Gasteiger charge is 2.29. The lowest BCUT2D eigenvalue weighted by molar-refractivity contribution is -0.115. The molecule has 1 aromatic carbocycles. The number of fused-ring (bicyclic) bond motifs is 1. The van der Waals surface area contributed by atoms with Gasteiger partial charge in [0, 0.05) is 11.6 Å². The summed E-state index contributed by atoms with van der Waals surface area (Å²) in [6.07, 6.45) is 2.70. The van der Waals surface area contributed by atoms with Crippen LogP contribution in [-0.2, 0) is 14.6 Å². The van der Waals surface area contributed by atoms with Crippen molar-refractivity contribution in [2.75, 3.05) is 11.1 Å². The van der Waals surface area contributed by atoms with Crippen LogP contribution in [0.1, 0.15) is 44.9 Å². The quantitative estimate of drug-likeness (QED) is 0.876. The van der Waals surface area contributed by atoms with Crippen molar-refractivity contribution >= 4 is 32.5 Å². The number of oxazole rings is 1. The average Bonchev–Trinajstić information content (AvgIpc) is 3.26. The molecule has 0 unspecified atom stereocenters. The first kappa shape index (κ1) is 16.0. The van der Waals surface area contributed by atoms with Crippen LogP contribution in [-0.4, -0.2) is 30.3 Å². The number of rotatable bonds is 6. The van der Waals surface area contributed by atoms with E-state index in [4.69, 9.17) is 4.42 Å². The maximum absolute atomic E-state index is 12.2. The highest BCUT2D eigenvalue weighted by molar-refractivity contribution is 7.92. The van der Waals surface area contributed by atoms with Crippen LogP contribution in [0.4, 0.5) is 5.69 Å². The van der Waals surface area contributed by atoms with Gasteiger partial charge in [0.15, 0.2) is 21.3 Å². The predicted octanol–water partition coefficient (Wildman–Crippen LogP) is 2.86. The van der Waals surface area contributed by atoms with E-state index in [2.05, 4.69) is 10.3 Å². The number of hydrogen-bond donors (Lipinski definition) is 1. The molecule has 1 fully saturated rings. The molecular weight excluding hydrogens is 316 g/mol. The molecule has 1 aliphatic rings. The molecule has 3 rings (SSSR count). The zero-order valence-corrected chi connectivity index (χ0v) is 14.0. The van der Waals surface area contributed by atoms with E-state index in [1.807, 2.05) is 0 Å². The lowest BCUT2D eigenvalue weighted by Crippen LogP contribution is -2.34. The first-order valence-corrected chi connectivity index (χ1v) is 9.55. The van der Waals surface area contributed by atoms with Crippen molar-refractivity contribution in [2.45, 2.75) is 44.3 Å². The molecule has 0 bridgehead atoms. The Morgan fingerprint density at radius 3 is 2.83 bits per heavy atom. The summed E-state index contributed by atoms with van der Waals surface area (Å²) in [6.45, 7) is 3.19. The second-order valence-corrected chi connectivity index (χ2v) is 8.45. The number of anilines is 1. The lowest BCUT2D eigenvalue weighted by Gasteiger charge is -2.12. The molecule has 124 valence electrons. The summed E-state index contributed by atoms with van der Waals surface area (Å²) >= 11 is 0. The van der Waals surface area contributed by atoms with E-state index in [-0.39, 0.29) is 5.75 Å². The molecule has 7 heteroatoms. The van der Waals surface area contributed by atoms with Crippen LogP contribution in [0.15, 0.2) is 22.6 Å². The summed E-state index contributed by atoms with van der Waals surface area (Å²) in [5.74, 6) is 0.639. The van der Waals surface area contributed by atoms with Crippen molar-refractivity contribution in [1.29, 1.82) is 0 Å². The van der Waals surface area contributed by atoms with Crippen molar-refractivity contribution in [3.8, 4) is 0 Å². The lowest BCUT2D eigenvalue weighted by atomic mass is 10.3. The summed E-state index contributed by atoms with van der Waals surface area (Å²) < 4.78 is 29.6. The third-order valence-corrected chi connectivity index (χ3v) is 6.26. The number of sulfone groups is 1. The molecule has 6 nitrogen and oxygen atoms in total. The fraction of sp³-hybridized carbons (Fsp3) is 0.500. The SMILES string of the molecule is CCCS(=O)(=O)[C@@H](C)C(=O)Nc1ccc2oc(C3CC3)nc2c1. The van der Waals surface area contributed by atoms with Gasteiger partial charge >= 0.3 is 0 Å². The third kappa shape index (κ3) is 3.39. The number of amides is 1. The maximum atomic E-state index is 12.2. The van der Waals surface area contributed by atoms with Gasteiger partial charge < -0.3 is 9.73 Å². The topological polar surface area (TPSA) is 89.3 Å².